The molecule has 3 rings (SSSR count). The lowest BCUT2D eigenvalue weighted by Gasteiger charge is -2.21. The van der Waals surface area contributed by atoms with Crippen LogP contribution in [0.1, 0.15) is 33.2 Å². The van der Waals surface area contributed by atoms with Gasteiger partial charge in [0.2, 0.25) is 0 Å². The third kappa shape index (κ3) is 5.75. The summed E-state index contributed by atoms with van der Waals surface area (Å²) in [5.74, 6) is -1.19. The topological polar surface area (TPSA) is 97.4 Å². The largest absolute Gasteiger partial charge is 0.497 e. The normalized spacial score (nSPS) is 21.7. The van der Waals surface area contributed by atoms with Crippen molar-refractivity contribution in [2.75, 3.05) is 14.2 Å². The molecule has 4 atom stereocenters. The number of methoxy groups -OCH3 is 2. The minimum absolute atomic E-state index is 0.153. The van der Waals surface area contributed by atoms with Gasteiger partial charge < -0.3 is 23.7 Å². The molecule has 1 saturated heterocycles. The maximum Gasteiger partial charge on any atom is 0.339 e. The molecule has 0 radical (unpaired) electrons. The second-order valence-electron chi connectivity index (χ2n) is 7.11. The van der Waals surface area contributed by atoms with Crippen LogP contribution in [-0.4, -0.2) is 55.3 Å². The number of hydrogen-bond donors (Lipinski definition) is 0. The van der Waals surface area contributed by atoms with Crippen LogP contribution in [-0.2, 0) is 19.0 Å². The summed E-state index contributed by atoms with van der Waals surface area (Å²) in [5, 5.41) is 0. The third-order valence-electron chi connectivity index (χ3n) is 4.84. The van der Waals surface area contributed by atoms with Gasteiger partial charge in [0.25, 0.3) is 0 Å². The number of aryl methyl sites for hydroxylation is 1. The molecule has 0 aliphatic carbocycles. The summed E-state index contributed by atoms with van der Waals surface area (Å²) >= 11 is 0.752. The molecule has 10 heteroatoms. The van der Waals surface area contributed by atoms with Crippen molar-refractivity contribution in [3.63, 3.8) is 0 Å². The van der Waals surface area contributed by atoms with Crippen molar-refractivity contribution in [2.24, 2.45) is 0 Å². The van der Waals surface area contributed by atoms with Crippen molar-refractivity contribution >= 4 is 29.7 Å². The van der Waals surface area contributed by atoms with E-state index < -0.39 is 41.1 Å². The standard InChI is InChI=1S/C23H23FO8S/c1-12-11-16(29-4)9-10-17(12)21(27)32-23-19(18(24)22(33-23)30-13(2)25)31-20(26)14-5-7-15(28-3)8-6-14/h5-11,18-19,22-23H,1-4H3/t18-,19-,22+,23+/m0/s1. The third-order valence-corrected chi connectivity index (χ3v) is 6.10. The first-order valence-corrected chi connectivity index (χ1v) is 10.8. The lowest BCUT2D eigenvalue weighted by Crippen LogP contribution is -2.37. The fraction of sp³-hybridized carbons (Fsp3) is 0.348. The zero-order valence-electron chi connectivity index (χ0n) is 18.4. The maximum absolute atomic E-state index is 15.1. The van der Waals surface area contributed by atoms with Gasteiger partial charge in [0, 0.05) is 6.92 Å². The molecule has 0 bridgehead atoms. The zero-order valence-corrected chi connectivity index (χ0v) is 19.2. The molecule has 0 N–H and O–H groups in total. The smallest absolute Gasteiger partial charge is 0.339 e. The van der Waals surface area contributed by atoms with E-state index in [1.165, 1.54) is 32.4 Å². The van der Waals surface area contributed by atoms with E-state index in [-0.39, 0.29) is 11.1 Å². The Bertz CT molecular complexity index is 1030. The Balaban J connectivity index is 1.79. The molecule has 8 nitrogen and oxygen atoms in total. The monoisotopic (exact) mass is 478 g/mol. The van der Waals surface area contributed by atoms with Crippen LogP contribution in [0.3, 0.4) is 0 Å². The van der Waals surface area contributed by atoms with Gasteiger partial charge in [0.15, 0.2) is 23.1 Å². The van der Waals surface area contributed by atoms with Gasteiger partial charge in [-0.25, -0.2) is 14.0 Å². The minimum atomic E-state index is -1.91. The van der Waals surface area contributed by atoms with Gasteiger partial charge in [-0.3, -0.25) is 4.79 Å². The van der Waals surface area contributed by atoms with Gasteiger partial charge in [0.1, 0.15) is 11.5 Å². The second kappa shape index (κ2) is 10.6. The highest BCUT2D eigenvalue weighted by molar-refractivity contribution is 8.00. The predicted molar refractivity (Wildman–Crippen MR) is 117 cm³/mol. The van der Waals surface area contributed by atoms with Crippen molar-refractivity contribution in [3.8, 4) is 11.5 Å². The summed E-state index contributed by atoms with van der Waals surface area (Å²) in [6.45, 7) is 2.83. The summed E-state index contributed by atoms with van der Waals surface area (Å²) in [6, 6.07) is 10.8. The van der Waals surface area contributed by atoms with Crippen molar-refractivity contribution in [1.82, 2.24) is 0 Å². The molecule has 1 aliphatic heterocycles. The average molecular weight is 478 g/mol. The van der Waals surface area contributed by atoms with Gasteiger partial charge in [-0.15, -0.1) is 0 Å². The fourth-order valence-electron chi connectivity index (χ4n) is 3.14. The summed E-state index contributed by atoms with van der Waals surface area (Å²) in [4.78, 5) is 36.7. The summed E-state index contributed by atoms with van der Waals surface area (Å²) in [6.07, 6.45) is -3.40. The van der Waals surface area contributed by atoms with Crippen LogP contribution in [0.15, 0.2) is 42.5 Å². The Morgan fingerprint density at radius 2 is 1.48 bits per heavy atom. The van der Waals surface area contributed by atoms with E-state index in [2.05, 4.69) is 0 Å². The van der Waals surface area contributed by atoms with Crippen molar-refractivity contribution in [3.05, 3.63) is 59.2 Å². The van der Waals surface area contributed by atoms with Crippen LogP contribution in [0.2, 0.25) is 0 Å². The maximum atomic E-state index is 15.1. The number of carbonyl (C=O) groups excluding carboxylic acids is 3. The van der Waals surface area contributed by atoms with Crippen LogP contribution in [0.4, 0.5) is 4.39 Å². The Morgan fingerprint density at radius 3 is 2.06 bits per heavy atom. The van der Waals surface area contributed by atoms with Crippen LogP contribution in [0, 0.1) is 6.92 Å². The van der Waals surface area contributed by atoms with Crippen LogP contribution in [0.25, 0.3) is 0 Å². The summed E-state index contributed by atoms with van der Waals surface area (Å²) < 4.78 is 41.1. The molecule has 2 aromatic rings. The first-order chi connectivity index (χ1) is 15.7. The SMILES string of the molecule is COc1ccc(C(=O)O[C@H]2[C@H](F)[C@H](OC(C)=O)S[C@H]2OC(=O)c2ccc(OC)cc2C)cc1. The van der Waals surface area contributed by atoms with E-state index in [0.717, 1.165) is 18.7 Å². The minimum Gasteiger partial charge on any atom is -0.497 e. The first kappa shape index (κ1) is 24.4. The van der Waals surface area contributed by atoms with Crippen molar-refractivity contribution in [1.29, 1.82) is 0 Å². The van der Waals surface area contributed by atoms with Crippen molar-refractivity contribution in [2.45, 2.75) is 37.0 Å². The molecule has 2 aromatic carbocycles. The highest BCUT2D eigenvalue weighted by atomic mass is 32.2. The van der Waals surface area contributed by atoms with Gasteiger partial charge in [-0.1, -0.05) is 11.8 Å². The lowest BCUT2D eigenvalue weighted by atomic mass is 10.1. The Labute approximate surface area is 194 Å². The number of halogens is 1. The lowest BCUT2D eigenvalue weighted by molar-refractivity contribution is -0.145. The average Bonchev–Trinajstić information content (AvgIpc) is 3.06. The molecule has 1 fully saturated rings. The number of carbonyl (C=O) groups is 3. The molecule has 0 saturated carbocycles. The summed E-state index contributed by atoms with van der Waals surface area (Å²) in [7, 11) is 2.98. The fourth-order valence-corrected chi connectivity index (χ4v) is 4.41. The second-order valence-corrected chi connectivity index (χ2v) is 8.31. The number of benzene rings is 2. The van der Waals surface area contributed by atoms with Gasteiger partial charge in [-0.05, 0) is 55.0 Å². The summed E-state index contributed by atoms with van der Waals surface area (Å²) in [5.41, 5.74) is -1.56. The number of esters is 3. The molecule has 0 unspecified atom stereocenters. The molecule has 1 aliphatic rings. The number of thioether (sulfide) groups is 1. The van der Waals surface area contributed by atoms with Crippen molar-refractivity contribution < 1.29 is 42.5 Å². The van der Waals surface area contributed by atoms with E-state index in [1.54, 1.807) is 31.2 Å². The van der Waals surface area contributed by atoms with Crippen LogP contribution < -0.4 is 9.47 Å². The molecule has 0 spiro atoms. The molecule has 1 heterocycles. The van der Waals surface area contributed by atoms with E-state index in [9.17, 15) is 14.4 Å². The Morgan fingerprint density at radius 1 is 0.848 bits per heavy atom. The molecular formula is C23H23FO8S. The number of ether oxygens (including phenoxy) is 5. The number of alkyl halides is 1. The number of hydrogen-bond acceptors (Lipinski definition) is 9. The van der Waals surface area contributed by atoms with E-state index in [1.807, 2.05) is 0 Å². The molecule has 0 amide bonds. The Kier molecular flexibility index (Phi) is 7.80. The van der Waals surface area contributed by atoms with Gasteiger partial charge in [0.05, 0.1) is 25.3 Å². The Hall–Kier alpha value is -3.27. The highest BCUT2D eigenvalue weighted by Gasteiger charge is 2.51. The molecule has 0 aromatic heterocycles. The van der Waals surface area contributed by atoms with Gasteiger partial charge in [-0.2, -0.15) is 0 Å². The van der Waals surface area contributed by atoms with Gasteiger partial charge >= 0.3 is 17.9 Å². The quantitative estimate of drug-likeness (QED) is 0.436. The molecule has 176 valence electrons. The zero-order chi connectivity index (χ0) is 24.1. The van der Waals surface area contributed by atoms with E-state index in [4.69, 9.17) is 23.7 Å². The molecule has 33 heavy (non-hydrogen) atoms. The van der Waals surface area contributed by atoms with Crippen LogP contribution >= 0.6 is 11.8 Å². The van der Waals surface area contributed by atoms with E-state index >= 15 is 4.39 Å². The van der Waals surface area contributed by atoms with Crippen LogP contribution in [0.5, 0.6) is 11.5 Å². The predicted octanol–water partition coefficient (Wildman–Crippen LogP) is 3.69. The highest BCUT2D eigenvalue weighted by Crippen LogP contribution is 2.40. The number of rotatable bonds is 7. The molecular weight excluding hydrogens is 455 g/mol. The first-order valence-electron chi connectivity index (χ1n) is 9.91. The van der Waals surface area contributed by atoms with E-state index in [0.29, 0.717) is 17.1 Å².